The van der Waals surface area contributed by atoms with Gasteiger partial charge in [-0.3, -0.25) is 9.69 Å². The maximum Gasteiger partial charge on any atom is 0.234 e. The molecule has 1 atom stereocenters. The molecule has 1 heterocycles. The first-order chi connectivity index (χ1) is 10.2. The molecule has 5 nitrogen and oxygen atoms in total. The molecular weight excluding hydrogens is 264 g/mol. The molecule has 0 saturated carbocycles. The third-order valence-electron chi connectivity index (χ3n) is 4.11. The zero-order valence-corrected chi connectivity index (χ0v) is 13.9. The van der Waals surface area contributed by atoms with E-state index in [9.17, 15) is 4.79 Å². The summed E-state index contributed by atoms with van der Waals surface area (Å²) in [5.74, 6) is 0.174. The first kappa shape index (κ1) is 18.4. The van der Waals surface area contributed by atoms with E-state index < -0.39 is 0 Å². The number of nitrogens with one attached hydrogen (secondary N) is 1. The van der Waals surface area contributed by atoms with Crippen molar-refractivity contribution in [3.8, 4) is 0 Å². The monoisotopic (exact) mass is 298 g/mol. The van der Waals surface area contributed by atoms with Crippen LogP contribution in [-0.2, 0) is 4.79 Å². The molecule has 0 spiro atoms. The number of amides is 1. The highest BCUT2D eigenvalue weighted by Gasteiger charge is 2.17. The van der Waals surface area contributed by atoms with Crippen LogP contribution in [-0.4, -0.2) is 67.6 Å². The van der Waals surface area contributed by atoms with Gasteiger partial charge in [-0.2, -0.15) is 0 Å². The van der Waals surface area contributed by atoms with Crippen molar-refractivity contribution in [2.75, 3.05) is 45.8 Å². The Morgan fingerprint density at radius 2 is 1.90 bits per heavy atom. The van der Waals surface area contributed by atoms with E-state index in [0.29, 0.717) is 12.6 Å². The SMILES string of the molecule is CCCC(C)NC(=O)CN1CCCN(CCCCN)CC1. The van der Waals surface area contributed by atoms with Crippen molar-refractivity contribution in [2.24, 2.45) is 5.73 Å². The summed E-state index contributed by atoms with van der Waals surface area (Å²) >= 11 is 0. The smallest absolute Gasteiger partial charge is 0.234 e. The first-order valence-electron chi connectivity index (χ1n) is 8.59. The molecule has 1 fully saturated rings. The Kier molecular flexibility index (Phi) is 9.63. The second-order valence-electron chi connectivity index (χ2n) is 6.22. The van der Waals surface area contributed by atoms with E-state index in [4.69, 9.17) is 5.73 Å². The lowest BCUT2D eigenvalue weighted by atomic mass is 10.2. The minimum absolute atomic E-state index is 0.174. The molecular formula is C16H34N4O. The summed E-state index contributed by atoms with van der Waals surface area (Å²) in [5.41, 5.74) is 5.54. The number of nitrogens with two attached hydrogens (primary N) is 1. The molecule has 1 amide bonds. The second kappa shape index (κ2) is 11.0. The van der Waals surface area contributed by atoms with Crippen molar-refractivity contribution in [2.45, 2.75) is 52.0 Å². The maximum absolute atomic E-state index is 12.0. The quantitative estimate of drug-likeness (QED) is 0.624. The molecule has 3 N–H and O–H groups in total. The third-order valence-corrected chi connectivity index (χ3v) is 4.11. The molecule has 0 aliphatic carbocycles. The van der Waals surface area contributed by atoms with Gasteiger partial charge in [0.15, 0.2) is 0 Å². The van der Waals surface area contributed by atoms with Gasteiger partial charge in [0.1, 0.15) is 0 Å². The fourth-order valence-electron chi connectivity index (χ4n) is 2.91. The molecule has 1 aliphatic heterocycles. The molecule has 124 valence electrons. The van der Waals surface area contributed by atoms with Crippen molar-refractivity contribution in [1.82, 2.24) is 15.1 Å². The minimum Gasteiger partial charge on any atom is -0.353 e. The van der Waals surface area contributed by atoms with E-state index in [1.165, 1.54) is 6.42 Å². The van der Waals surface area contributed by atoms with Crippen LogP contribution in [0.4, 0.5) is 0 Å². The molecule has 0 aromatic heterocycles. The Morgan fingerprint density at radius 1 is 1.19 bits per heavy atom. The van der Waals surface area contributed by atoms with Gasteiger partial charge in [-0.25, -0.2) is 0 Å². The number of carbonyl (C=O) groups is 1. The van der Waals surface area contributed by atoms with Crippen molar-refractivity contribution < 1.29 is 4.79 Å². The van der Waals surface area contributed by atoms with E-state index >= 15 is 0 Å². The van der Waals surface area contributed by atoms with E-state index in [1.54, 1.807) is 0 Å². The van der Waals surface area contributed by atoms with Gasteiger partial charge >= 0.3 is 0 Å². The number of carbonyl (C=O) groups excluding carboxylic acids is 1. The van der Waals surface area contributed by atoms with Gasteiger partial charge in [0.2, 0.25) is 5.91 Å². The summed E-state index contributed by atoms with van der Waals surface area (Å²) in [6, 6.07) is 0.294. The van der Waals surface area contributed by atoms with Gasteiger partial charge in [0.05, 0.1) is 6.54 Å². The summed E-state index contributed by atoms with van der Waals surface area (Å²) in [7, 11) is 0. The average Bonchev–Trinajstić information content (AvgIpc) is 2.65. The van der Waals surface area contributed by atoms with Crippen LogP contribution in [0.5, 0.6) is 0 Å². The van der Waals surface area contributed by atoms with E-state index in [1.807, 2.05) is 0 Å². The topological polar surface area (TPSA) is 61.6 Å². The van der Waals surface area contributed by atoms with Gasteiger partial charge in [-0.15, -0.1) is 0 Å². The lowest BCUT2D eigenvalue weighted by Gasteiger charge is -2.22. The average molecular weight is 298 g/mol. The van der Waals surface area contributed by atoms with E-state index in [-0.39, 0.29) is 5.91 Å². The molecule has 1 saturated heterocycles. The highest BCUT2D eigenvalue weighted by Crippen LogP contribution is 2.04. The standard InChI is InChI=1S/C16H34N4O/c1-3-7-15(2)18-16(21)14-20-11-6-10-19(12-13-20)9-5-4-8-17/h15H,3-14,17H2,1-2H3,(H,18,21). The lowest BCUT2D eigenvalue weighted by molar-refractivity contribution is -0.122. The van der Waals surface area contributed by atoms with Crippen LogP contribution < -0.4 is 11.1 Å². The van der Waals surface area contributed by atoms with Crippen LogP contribution in [0.15, 0.2) is 0 Å². The molecule has 0 bridgehead atoms. The summed E-state index contributed by atoms with van der Waals surface area (Å²) in [5, 5.41) is 3.09. The largest absolute Gasteiger partial charge is 0.353 e. The van der Waals surface area contributed by atoms with Crippen molar-refractivity contribution in [1.29, 1.82) is 0 Å². The minimum atomic E-state index is 0.174. The molecule has 0 aromatic rings. The zero-order chi connectivity index (χ0) is 15.5. The molecule has 0 aromatic carbocycles. The van der Waals surface area contributed by atoms with Crippen molar-refractivity contribution in [3.63, 3.8) is 0 Å². The highest BCUT2D eigenvalue weighted by molar-refractivity contribution is 5.78. The fraction of sp³-hybridized carbons (Fsp3) is 0.938. The summed E-state index contributed by atoms with van der Waals surface area (Å²) in [6.07, 6.45) is 5.62. The Balaban J connectivity index is 2.23. The van der Waals surface area contributed by atoms with Gasteiger partial charge < -0.3 is 16.0 Å². The van der Waals surface area contributed by atoms with Crippen molar-refractivity contribution in [3.05, 3.63) is 0 Å². The van der Waals surface area contributed by atoms with Crippen LogP contribution in [0, 0.1) is 0 Å². The van der Waals surface area contributed by atoms with Gasteiger partial charge in [0, 0.05) is 19.1 Å². The molecule has 5 heteroatoms. The molecule has 1 rings (SSSR count). The van der Waals surface area contributed by atoms with Crippen LogP contribution in [0.1, 0.15) is 46.0 Å². The van der Waals surface area contributed by atoms with Crippen LogP contribution in [0.3, 0.4) is 0 Å². The van der Waals surface area contributed by atoms with Gasteiger partial charge in [-0.1, -0.05) is 13.3 Å². The second-order valence-corrected chi connectivity index (χ2v) is 6.22. The van der Waals surface area contributed by atoms with Gasteiger partial charge in [0.25, 0.3) is 0 Å². The Hall–Kier alpha value is -0.650. The van der Waals surface area contributed by atoms with E-state index in [2.05, 4.69) is 29.0 Å². The van der Waals surface area contributed by atoms with Crippen LogP contribution in [0.2, 0.25) is 0 Å². The fourth-order valence-corrected chi connectivity index (χ4v) is 2.91. The Labute approximate surface area is 130 Å². The number of rotatable bonds is 9. The predicted molar refractivity (Wildman–Crippen MR) is 88.3 cm³/mol. The highest BCUT2D eigenvalue weighted by atomic mass is 16.2. The number of hydrogen-bond donors (Lipinski definition) is 2. The van der Waals surface area contributed by atoms with Crippen molar-refractivity contribution >= 4 is 5.91 Å². The Morgan fingerprint density at radius 3 is 2.62 bits per heavy atom. The first-order valence-corrected chi connectivity index (χ1v) is 8.59. The molecule has 1 unspecified atom stereocenters. The molecule has 1 aliphatic rings. The zero-order valence-electron chi connectivity index (χ0n) is 13.9. The summed E-state index contributed by atoms with van der Waals surface area (Å²) in [6.45, 7) is 11.0. The third kappa shape index (κ3) is 8.39. The maximum atomic E-state index is 12.0. The molecule has 21 heavy (non-hydrogen) atoms. The predicted octanol–water partition coefficient (Wildman–Crippen LogP) is 1.04. The van der Waals surface area contributed by atoms with E-state index in [0.717, 1.165) is 65.0 Å². The lowest BCUT2D eigenvalue weighted by Crippen LogP contribution is -2.42. The summed E-state index contributed by atoms with van der Waals surface area (Å²) < 4.78 is 0. The normalized spacial score (nSPS) is 19.2. The number of unbranched alkanes of at least 4 members (excludes halogenated alkanes) is 1. The number of hydrogen-bond acceptors (Lipinski definition) is 4. The van der Waals surface area contributed by atoms with Crippen LogP contribution >= 0.6 is 0 Å². The summed E-state index contributed by atoms with van der Waals surface area (Å²) in [4.78, 5) is 16.8. The Bertz CT molecular complexity index is 285. The van der Waals surface area contributed by atoms with Crippen LogP contribution in [0.25, 0.3) is 0 Å². The molecule has 0 radical (unpaired) electrons. The number of nitrogens with zero attached hydrogens (tertiary/aromatic N) is 2. The van der Waals surface area contributed by atoms with Gasteiger partial charge in [-0.05, 0) is 58.8 Å².